The topological polar surface area (TPSA) is 83.6 Å². The lowest BCUT2D eigenvalue weighted by molar-refractivity contribution is 0.550. The van der Waals surface area contributed by atoms with Gasteiger partial charge in [0.15, 0.2) is 0 Å². The Bertz CT molecular complexity index is 1120. The Hall–Kier alpha value is -1.03. The first-order valence-corrected chi connectivity index (χ1v) is 14.3. The summed E-state index contributed by atoms with van der Waals surface area (Å²) in [6.07, 6.45) is 0.553. The van der Waals surface area contributed by atoms with E-state index >= 15 is 0 Å². The molecular formula is C21H27Cl3N2O4S2. The Balaban J connectivity index is 2.33. The van der Waals surface area contributed by atoms with Crippen molar-refractivity contribution in [1.29, 1.82) is 0 Å². The normalized spacial score (nSPS) is 13.3. The van der Waals surface area contributed by atoms with Crippen molar-refractivity contribution in [2.45, 2.75) is 44.6 Å². The van der Waals surface area contributed by atoms with Crippen molar-refractivity contribution in [3.8, 4) is 0 Å². The molecule has 0 amide bonds. The molecule has 0 aromatic heterocycles. The van der Waals surface area contributed by atoms with Gasteiger partial charge in [0.2, 0.25) is 10.0 Å². The number of rotatable bonds is 11. The highest BCUT2D eigenvalue weighted by atomic mass is 35.5. The molecule has 32 heavy (non-hydrogen) atoms. The first-order chi connectivity index (χ1) is 14.8. The Morgan fingerprint density at radius 3 is 2.09 bits per heavy atom. The number of sulfonamides is 2. The van der Waals surface area contributed by atoms with Crippen molar-refractivity contribution < 1.29 is 16.8 Å². The number of nitrogens with one attached hydrogen (secondary N) is 1. The predicted octanol–water partition coefficient (Wildman–Crippen LogP) is 5.59. The number of halogens is 3. The van der Waals surface area contributed by atoms with Crippen LogP contribution in [0.25, 0.3) is 0 Å². The van der Waals surface area contributed by atoms with E-state index in [1.807, 2.05) is 13.8 Å². The molecule has 0 heterocycles. The molecule has 1 atom stereocenters. The van der Waals surface area contributed by atoms with E-state index in [-0.39, 0.29) is 40.1 Å². The third-order valence-electron chi connectivity index (χ3n) is 4.66. The highest BCUT2D eigenvalue weighted by Gasteiger charge is 2.31. The van der Waals surface area contributed by atoms with E-state index in [1.54, 1.807) is 13.0 Å². The van der Waals surface area contributed by atoms with Gasteiger partial charge in [-0.05, 0) is 68.1 Å². The number of benzene rings is 2. The molecule has 2 rings (SSSR count). The van der Waals surface area contributed by atoms with Gasteiger partial charge in [-0.2, -0.15) is 0 Å². The summed E-state index contributed by atoms with van der Waals surface area (Å²) in [7, 11) is -7.48. The monoisotopic (exact) mass is 540 g/mol. The fourth-order valence-corrected chi connectivity index (χ4v) is 6.56. The van der Waals surface area contributed by atoms with E-state index in [0.717, 1.165) is 0 Å². The third-order valence-corrected chi connectivity index (χ3v) is 8.84. The van der Waals surface area contributed by atoms with Crippen LogP contribution >= 0.6 is 34.8 Å². The zero-order valence-electron chi connectivity index (χ0n) is 18.1. The lowest BCUT2D eigenvalue weighted by Gasteiger charge is -2.31. The fraction of sp³-hybridized carbons (Fsp3) is 0.429. The van der Waals surface area contributed by atoms with Gasteiger partial charge in [-0.1, -0.05) is 48.7 Å². The second-order valence-corrected chi connectivity index (χ2v) is 12.9. The average Bonchev–Trinajstić information content (AvgIpc) is 2.69. The van der Waals surface area contributed by atoms with E-state index in [2.05, 4.69) is 4.72 Å². The van der Waals surface area contributed by atoms with Crippen LogP contribution in [0.4, 0.5) is 5.69 Å². The number of anilines is 1. The molecule has 1 N–H and O–H groups in total. The fourth-order valence-electron chi connectivity index (χ4n) is 3.03. The van der Waals surface area contributed by atoms with Crippen LogP contribution in [-0.2, 0) is 20.0 Å². The van der Waals surface area contributed by atoms with Crippen molar-refractivity contribution in [1.82, 2.24) is 4.72 Å². The summed E-state index contributed by atoms with van der Waals surface area (Å²) in [6.45, 7) is 5.89. The largest absolute Gasteiger partial charge is 0.264 e. The summed E-state index contributed by atoms with van der Waals surface area (Å²) in [4.78, 5) is 0.0380. The van der Waals surface area contributed by atoms with Gasteiger partial charge in [-0.15, -0.1) is 0 Å². The van der Waals surface area contributed by atoms with Crippen LogP contribution in [0.15, 0.2) is 47.4 Å². The average molecular weight is 542 g/mol. The molecular weight excluding hydrogens is 515 g/mol. The molecule has 1 unspecified atom stereocenters. The molecule has 0 fully saturated rings. The van der Waals surface area contributed by atoms with Crippen molar-refractivity contribution in [2.24, 2.45) is 5.92 Å². The van der Waals surface area contributed by atoms with Gasteiger partial charge in [0.25, 0.3) is 10.0 Å². The molecule has 0 aliphatic heterocycles. The van der Waals surface area contributed by atoms with Gasteiger partial charge >= 0.3 is 0 Å². The van der Waals surface area contributed by atoms with Crippen LogP contribution in [-0.4, -0.2) is 35.2 Å². The van der Waals surface area contributed by atoms with Crippen molar-refractivity contribution >= 4 is 60.5 Å². The molecule has 0 radical (unpaired) electrons. The van der Waals surface area contributed by atoms with Crippen molar-refractivity contribution in [2.75, 3.05) is 16.6 Å². The molecule has 0 aliphatic carbocycles. The minimum absolute atomic E-state index is 0.0380. The van der Waals surface area contributed by atoms with Gasteiger partial charge in [-0.3, -0.25) is 4.31 Å². The third kappa shape index (κ3) is 7.50. The van der Waals surface area contributed by atoms with Crippen molar-refractivity contribution in [3.63, 3.8) is 0 Å². The maximum Gasteiger partial charge on any atom is 0.264 e. The van der Waals surface area contributed by atoms with Crippen LogP contribution in [0, 0.1) is 5.92 Å². The minimum Gasteiger partial charge on any atom is -0.262 e. The molecule has 6 nitrogen and oxygen atoms in total. The maximum absolute atomic E-state index is 13.5. The zero-order valence-corrected chi connectivity index (χ0v) is 22.0. The summed E-state index contributed by atoms with van der Waals surface area (Å²) in [5.74, 6) is 0.0796. The molecule has 11 heteroatoms. The van der Waals surface area contributed by atoms with Gasteiger partial charge in [-0.25, -0.2) is 21.6 Å². The number of nitrogens with zero attached hydrogens (tertiary/aromatic N) is 1. The molecule has 2 aromatic rings. The van der Waals surface area contributed by atoms with Crippen LogP contribution in [0.1, 0.15) is 33.6 Å². The highest BCUT2D eigenvalue weighted by Crippen LogP contribution is 2.35. The maximum atomic E-state index is 13.5. The molecule has 0 bridgehead atoms. The molecule has 0 spiro atoms. The van der Waals surface area contributed by atoms with Crippen LogP contribution in [0.2, 0.25) is 15.1 Å². The van der Waals surface area contributed by atoms with E-state index in [1.165, 1.54) is 40.7 Å². The summed E-state index contributed by atoms with van der Waals surface area (Å²) >= 11 is 18.4. The SMILES string of the molecule is CC(C)CNS(=O)(=O)CCCC(C)N(c1cc(Cl)ccc1Cl)S(=O)(=O)c1ccc(Cl)cc1. The Kier molecular flexibility index (Phi) is 9.70. The smallest absolute Gasteiger partial charge is 0.262 e. The first-order valence-electron chi connectivity index (χ1n) is 10.1. The Morgan fingerprint density at radius 2 is 1.50 bits per heavy atom. The van der Waals surface area contributed by atoms with E-state index in [0.29, 0.717) is 16.6 Å². The van der Waals surface area contributed by atoms with Gasteiger partial charge in [0.1, 0.15) is 0 Å². The molecule has 178 valence electrons. The summed E-state index contributed by atoms with van der Waals surface area (Å²) in [5.41, 5.74) is 0.224. The summed E-state index contributed by atoms with van der Waals surface area (Å²) in [6, 6.07) is 9.79. The van der Waals surface area contributed by atoms with E-state index < -0.39 is 26.1 Å². The van der Waals surface area contributed by atoms with E-state index in [4.69, 9.17) is 34.8 Å². The standard InChI is InChI=1S/C21H27Cl3N2O4S2/c1-15(2)14-25-31(27,28)12-4-5-16(3)26(21-13-18(23)8-11-20(21)24)32(29,30)19-9-6-17(22)7-10-19/h6-11,13,15-16,25H,4-5,12,14H2,1-3H3. The van der Waals surface area contributed by atoms with Gasteiger partial charge in [0.05, 0.1) is 21.4 Å². The molecule has 2 aromatic carbocycles. The van der Waals surface area contributed by atoms with Gasteiger partial charge in [0, 0.05) is 22.6 Å². The molecule has 0 saturated carbocycles. The number of hydrogen-bond acceptors (Lipinski definition) is 4. The molecule has 0 aliphatic rings. The number of hydrogen-bond donors (Lipinski definition) is 1. The summed E-state index contributed by atoms with van der Waals surface area (Å²) in [5, 5.41) is 0.946. The second kappa shape index (κ2) is 11.4. The zero-order chi connectivity index (χ0) is 24.1. The van der Waals surface area contributed by atoms with E-state index in [9.17, 15) is 16.8 Å². The summed E-state index contributed by atoms with van der Waals surface area (Å²) < 4.78 is 55.3. The van der Waals surface area contributed by atoms with Crippen LogP contribution < -0.4 is 9.03 Å². The Morgan fingerprint density at radius 1 is 0.906 bits per heavy atom. The predicted molar refractivity (Wildman–Crippen MR) is 133 cm³/mol. The second-order valence-electron chi connectivity index (χ2n) is 7.90. The Labute approximate surface area is 206 Å². The lowest BCUT2D eigenvalue weighted by atomic mass is 10.2. The minimum atomic E-state index is -4.03. The quantitative estimate of drug-likeness (QED) is 0.402. The van der Waals surface area contributed by atoms with Crippen molar-refractivity contribution in [3.05, 3.63) is 57.5 Å². The van der Waals surface area contributed by atoms with Crippen LogP contribution in [0.5, 0.6) is 0 Å². The molecule has 0 saturated heterocycles. The van der Waals surface area contributed by atoms with Gasteiger partial charge < -0.3 is 0 Å². The highest BCUT2D eigenvalue weighted by molar-refractivity contribution is 7.93. The van der Waals surface area contributed by atoms with Crippen LogP contribution in [0.3, 0.4) is 0 Å². The first kappa shape index (κ1) is 27.2. The lowest BCUT2D eigenvalue weighted by Crippen LogP contribution is -2.39.